The first-order valence-electron chi connectivity index (χ1n) is 6.77. The van der Waals surface area contributed by atoms with Gasteiger partial charge in [0.2, 0.25) is 0 Å². The molecule has 0 aromatic heterocycles. The summed E-state index contributed by atoms with van der Waals surface area (Å²) in [5.41, 5.74) is 0. The summed E-state index contributed by atoms with van der Waals surface area (Å²) >= 11 is 5.43. The number of piperazine rings is 1. The lowest BCUT2D eigenvalue weighted by Gasteiger charge is -2.33. The molecule has 2 heterocycles. The lowest BCUT2D eigenvalue weighted by molar-refractivity contribution is -0.902. The number of quaternary nitrogens is 1. The van der Waals surface area contributed by atoms with Gasteiger partial charge in [-0.3, -0.25) is 0 Å². The fourth-order valence-electron chi connectivity index (χ4n) is 2.50. The normalized spacial score (nSPS) is 26.2. The number of nitrogens with one attached hydrogen (secondary N) is 2. The van der Waals surface area contributed by atoms with Crippen LogP contribution in [0, 0.1) is 0 Å². The average molecular weight is 258 g/mol. The second-order valence-electron chi connectivity index (χ2n) is 4.91. The average Bonchev–Trinajstić information content (AvgIpc) is 2.89. The molecule has 0 aliphatic carbocycles. The van der Waals surface area contributed by atoms with Crippen molar-refractivity contribution in [1.29, 1.82) is 0 Å². The number of ether oxygens (including phenoxy) is 1. The Kier molecular flexibility index (Phi) is 5.00. The van der Waals surface area contributed by atoms with E-state index in [4.69, 9.17) is 17.0 Å². The SMILES string of the molecule is CC[NH+]1CCN(C(=S)NC[C@H]2CCCO2)CC1. The van der Waals surface area contributed by atoms with Crippen molar-refractivity contribution in [2.24, 2.45) is 0 Å². The van der Waals surface area contributed by atoms with Gasteiger partial charge in [0.25, 0.3) is 0 Å². The van der Waals surface area contributed by atoms with Crippen LogP contribution in [0.2, 0.25) is 0 Å². The van der Waals surface area contributed by atoms with Crippen LogP contribution in [0.25, 0.3) is 0 Å². The van der Waals surface area contributed by atoms with Gasteiger partial charge in [0.05, 0.1) is 38.8 Å². The van der Waals surface area contributed by atoms with E-state index in [1.165, 1.54) is 32.5 Å². The molecule has 0 spiro atoms. The molecule has 0 saturated carbocycles. The topological polar surface area (TPSA) is 28.9 Å². The van der Waals surface area contributed by atoms with Crippen LogP contribution < -0.4 is 10.2 Å². The van der Waals surface area contributed by atoms with Crippen molar-refractivity contribution < 1.29 is 9.64 Å². The molecule has 5 heteroatoms. The molecule has 98 valence electrons. The minimum Gasteiger partial charge on any atom is -0.376 e. The number of nitrogens with zero attached hydrogens (tertiary/aromatic N) is 1. The van der Waals surface area contributed by atoms with E-state index in [9.17, 15) is 0 Å². The summed E-state index contributed by atoms with van der Waals surface area (Å²) in [6.07, 6.45) is 2.73. The monoisotopic (exact) mass is 258 g/mol. The summed E-state index contributed by atoms with van der Waals surface area (Å²) in [7, 11) is 0. The highest BCUT2D eigenvalue weighted by molar-refractivity contribution is 7.80. The second kappa shape index (κ2) is 6.52. The minimum absolute atomic E-state index is 0.371. The Balaban J connectivity index is 1.66. The second-order valence-corrected chi connectivity index (χ2v) is 5.30. The number of hydrogen-bond acceptors (Lipinski definition) is 2. The van der Waals surface area contributed by atoms with E-state index < -0.39 is 0 Å². The zero-order valence-electron chi connectivity index (χ0n) is 10.7. The smallest absolute Gasteiger partial charge is 0.169 e. The van der Waals surface area contributed by atoms with Gasteiger partial charge in [-0.2, -0.15) is 0 Å². The van der Waals surface area contributed by atoms with Gasteiger partial charge in [-0.1, -0.05) is 0 Å². The third-order valence-corrected chi connectivity index (χ3v) is 4.17. The molecule has 0 radical (unpaired) electrons. The summed E-state index contributed by atoms with van der Waals surface area (Å²) in [6.45, 7) is 9.85. The van der Waals surface area contributed by atoms with Gasteiger partial charge in [0, 0.05) is 13.2 Å². The van der Waals surface area contributed by atoms with E-state index in [-0.39, 0.29) is 0 Å². The van der Waals surface area contributed by atoms with Gasteiger partial charge in [0.15, 0.2) is 5.11 Å². The summed E-state index contributed by atoms with van der Waals surface area (Å²) in [6, 6.07) is 0. The first-order valence-corrected chi connectivity index (χ1v) is 7.18. The maximum atomic E-state index is 5.58. The van der Waals surface area contributed by atoms with Crippen LogP contribution in [0.3, 0.4) is 0 Å². The van der Waals surface area contributed by atoms with Crippen molar-refractivity contribution in [3.8, 4) is 0 Å². The summed E-state index contributed by atoms with van der Waals surface area (Å²) in [5.74, 6) is 0. The largest absolute Gasteiger partial charge is 0.376 e. The molecule has 2 fully saturated rings. The highest BCUT2D eigenvalue weighted by atomic mass is 32.1. The molecule has 0 amide bonds. The zero-order valence-corrected chi connectivity index (χ0v) is 11.5. The van der Waals surface area contributed by atoms with Crippen LogP contribution in [0.1, 0.15) is 19.8 Å². The van der Waals surface area contributed by atoms with E-state index in [0.29, 0.717) is 6.10 Å². The minimum atomic E-state index is 0.371. The molecule has 4 nitrogen and oxygen atoms in total. The third kappa shape index (κ3) is 3.79. The van der Waals surface area contributed by atoms with Crippen molar-refractivity contribution in [2.75, 3.05) is 45.9 Å². The van der Waals surface area contributed by atoms with Crippen molar-refractivity contribution in [3.63, 3.8) is 0 Å². The predicted octanol–water partition coefficient (Wildman–Crippen LogP) is -0.740. The van der Waals surface area contributed by atoms with Gasteiger partial charge in [-0.05, 0) is 32.0 Å². The fraction of sp³-hybridized carbons (Fsp3) is 0.917. The van der Waals surface area contributed by atoms with Crippen molar-refractivity contribution >= 4 is 17.3 Å². The van der Waals surface area contributed by atoms with Gasteiger partial charge in [-0.15, -0.1) is 0 Å². The number of thiocarbonyl (C=S) groups is 1. The van der Waals surface area contributed by atoms with Crippen LogP contribution in [0.15, 0.2) is 0 Å². The Bertz CT molecular complexity index is 248. The third-order valence-electron chi connectivity index (χ3n) is 3.76. The molecule has 2 N–H and O–H groups in total. The summed E-state index contributed by atoms with van der Waals surface area (Å²) < 4.78 is 5.58. The molecule has 1 atom stereocenters. The Morgan fingerprint density at radius 2 is 2.24 bits per heavy atom. The number of hydrogen-bond donors (Lipinski definition) is 2. The maximum absolute atomic E-state index is 5.58. The van der Waals surface area contributed by atoms with E-state index in [0.717, 1.165) is 31.4 Å². The maximum Gasteiger partial charge on any atom is 0.169 e. The van der Waals surface area contributed by atoms with E-state index in [1.807, 2.05) is 0 Å². The molecule has 0 aromatic rings. The molecule has 2 rings (SSSR count). The predicted molar refractivity (Wildman–Crippen MR) is 72.4 cm³/mol. The van der Waals surface area contributed by atoms with Crippen LogP contribution in [-0.4, -0.2) is 62.0 Å². The fourth-order valence-corrected chi connectivity index (χ4v) is 2.76. The first-order chi connectivity index (χ1) is 8.29. The lowest BCUT2D eigenvalue weighted by atomic mass is 10.2. The molecule has 0 bridgehead atoms. The molecule has 0 aromatic carbocycles. The van der Waals surface area contributed by atoms with Crippen LogP contribution in [0.5, 0.6) is 0 Å². The number of likely N-dealkylation sites (N-methyl/N-ethyl adjacent to an activating group) is 1. The zero-order chi connectivity index (χ0) is 12.1. The van der Waals surface area contributed by atoms with E-state index in [1.54, 1.807) is 4.90 Å². The van der Waals surface area contributed by atoms with Gasteiger partial charge in [-0.25, -0.2) is 0 Å². The van der Waals surface area contributed by atoms with Crippen LogP contribution in [0.4, 0.5) is 0 Å². The highest BCUT2D eigenvalue weighted by Crippen LogP contribution is 2.10. The van der Waals surface area contributed by atoms with Gasteiger partial charge >= 0.3 is 0 Å². The van der Waals surface area contributed by atoms with E-state index in [2.05, 4.69) is 17.1 Å². The summed E-state index contributed by atoms with van der Waals surface area (Å²) in [5, 5.41) is 4.26. The van der Waals surface area contributed by atoms with E-state index >= 15 is 0 Å². The van der Waals surface area contributed by atoms with Crippen molar-refractivity contribution in [2.45, 2.75) is 25.9 Å². The van der Waals surface area contributed by atoms with Gasteiger partial charge in [0.1, 0.15) is 0 Å². The van der Waals surface area contributed by atoms with Crippen LogP contribution >= 0.6 is 12.2 Å². The molecule has 17 heavy (non-hydrogen) atoms. The molecule has 0 unspecified atom stereocenters. The molecular weight excluding hydrogens is 234 g/mol. The molecule has 2 aliphatic rings. The van der Waals surface area contributed by atoms with Crippen LogP contribution in [-0.2, 0) is 4.74 Å². The quantitative estimate of drug-likeness (QED) is 0.653. The highest BCUT2D eigenvalue weighted by Gasteiger charge is 2.21. The standard InChI is InChI=1S/C12H23N3OS/c1-2-14-5-7-15(8-6-14)12(17)13-10-11-4-3-9-16-11/h11H,2-10H2,1H3,(H,13,17)/p+1/t11-/m1/s1. The molecule has 2 aliphatic heterocycles. The van der Waals surface area contributed by atoms with Gasteiger partial charge < -0.3 is 19.9 Å². The summed E-state index contributed by atoms with van der Waals surface area (Å²) in [4.78, 5) is 3.98. The first kappa shape index (κ1) is 13.1. The lowest BCUT2D eigenvalue weighted by Crippen LogP contribution is -3.14. The Hall–Kier alpha value is -0.390. The van der Waals surface area contributed by atoms with Crippen molar-refractivity contribution in [3.05, 3.63) is 0 Å². The Morgan fingerprint density at radius 3 is 2.82 bits per heavy atom. The molecule has 2 saturated heterocycles. The Morgan fingerprint density at radius 1 is 1.47 bits per heavy atom. The Labute approximate surface area is 109 Å². The van der Waals surface area contributed by atoms with Crippen molar-refractivity contribution in [1.82, 2.24) is 10.2 Å². The number of rotatable bonds is 3. The molecular formula is C12H24N3OS+.